The van der Waals surface area contributed by atoms with Crippen LogP contribution in [0.1, 0.15) is 54.4 Å². The maximum absolute atomic E-state index is 12.0. The molecule has 2 heterocycles. The standard InChI is InChI=1S/C36H44N2O6/c1-4-20-42-36(40)37-21-30-8-5-6-10-32(30)27-15-17-29(18-16-27)35-43-33(22-38-19-7-9-31(38)24-41-3)25(2)34(44-35)28-13-11-26(23-39)12-14-28/h4-6,8,10-18,25,31,33-35,39H,1,7,9,19-24H2,2-3H3,(H,37,40). The monoisotopic (exact) mass is 600 g/mol. The van der Waals surface area contributed by atoms with E-state index in [2.05, 4.69) is 60.1 Å². The Balaban J connectivity index is 1.36. The van der Waals surface area contributed by atoms with E-state index in [9.17, 15) is 9.90 Å². The fourth-order valence-electron chi connectivity index (χ4n) is 6.20. The summed E-state index contributed by atoms with van der Waals surface area (Å²) in [4.78, 5) is 14.5. The molecule has 5 atom stereocenters. The molecule has 234 valence electrons. The van der Waals surface area contributed by atoms with Crippen LogP contribution in [0.4, 0.5) is 4.79 Å². The molecule has 8 nitrogen and oxygen atoms in total. The highest BCUT2D eigenvalue weighted by molar-refractivity contribution is 5.70. The molecule has 5 unspecified atom stereocenters. The second kappa shape index (κ2) is 15.5. The number of benzene rings is 3. The van der Waals surface area contributed by atoms with Crippen molar-refractivity contribution >= 4 is 6.09 Å². The summed E-state index contributed by atoms with van der Waals surface area (Å²) in [6, 6.07) is 24.7. The summed E-state index contributed by atoms with van der Waals surface area (Å²) < 4.78 is 24.0. The molecule has 0 aliphatic carbocycles. The van der Waals surface area contributed by atoms with Crippen molar-refractivity contribution in [3.63, 3.8) is 0 Å². The van der Waals surface area contributed by atoms with Crippen molar-refractivity contribution in [3.8, 4) is 11.1 Å². The van der Waals surface area contributed by atoms with Crippen molar-refractivity contribution in [3.05, 3.63) is 108 Å². The third-order valence-corrected chi connectivity index (χ3v) is 8.66. The van der Waals surface area contributed by atoms with Crippen molar-refractivity contribution in [1.29, 1.82) is 0 Å². The molecule has 3 aromatic rings. The van der Waals surface area contributed by atoms with Crippen molar-refractivity contribution in [2.75, 3.05) is 33.4 Å². The lowest BCUT2D eigenvalue weighted by Gasteiger charge is -2.43. The van der Waals surface area contributed by atoms with Gasteiger partial charge >= 0.3 is 6.09 Å². The molecule has 0 spiro atoms. The molecule has 44 heavy (non-hydrogen) atoms. The first-order valence-corrected chi connectivity index (χ1v) is 15.4. The number of carbonyl (C=O) groups excluding carboxylic acids is 1. The molecule has 0 bridgehead atoms. The van der Waals surface area contributed by atoms with Crippen LogP contribution in [0, 0.1) is 5.92 Å². The Kier molecular flexibility index (Phi) is 11.2. The lowest BCUT2D eigenvalue weighted by molar-refractivity contribution is -0.276. The van der Waals surface area contributed by atoms with E-state index < -0.39 is 12.4 Å². The van der Waals surface area contributed by atoms with Gasteiger partial charge in [0.2, 0.25) is 0 Å². The van der Waals surface area contributed by atoms with Crippen LogP contribution in [0.15, 0.2) is 85.5 Å². The Hall–Kier alpha value is -3.53. The molecular formula is C36H44N2O6. The van der Waals surface area contributed by atoms with Crippen LogP contribution in [0.5, 0.6) is 0 Å². The van der Waals surface area contributed by atoms with Crippen LogP contribution in [-0.4, -0.2) is 61.7 Å². The molecule has 0 aromatic heterocycles. The minimum absolute atomic E-state index is 0.0104. The van der Waals surface area contributed by atoms with Gasteiger partial charge in [0.05, 0.1) is 25.4 Å². The molecule has 1 amide bonds. The van der Waals surface area contributed by atoms with E-state index in [1.807, 2.05) is 36.4 Å². The van der Waals surface area contributed by atoms with Crippen LogP contribution in [-0.2, 0) is 32.1 Å². The first-order chi connectivity index (χ1) is 21.5. The van der Waals surface area contributed by atoms with Crippen molar-refractivity contribution in [2.45, 2.75) is 57.5 Å². The number of amides is 1. The van der Waals surface area contributed by atoms with Gasteiger partial charge in [0, 0.05) is 37.7 Å². The molecule has 5 rings (SSSR count). The molecule has 2 aliphatic rings. The zero-order valence-corrected chi connectivity index (χ0v) is 25.7. The normalized spacial score (nSPS) is 23.8. The first kappa shape index (κ1) is 31.9. The molecule has 3 aromatic carbocycles. The van der Waals surface area contributed by atoms with Gasteiger partial charge in [0.15, 0.2) is 6.29 Å². The minimum atomic E-state index is -0.534. The summed E-state index contributed by atoms with van der Waals surface area (Å²) in [5, 5.41) is 12.4. The van der Waals surface area contributed by atoms with Gasteiger partial charge in [-0.3, -0.25) is 4.90 Å². The molecule has 2 saturated heterocycles. The lowest BCUT2D eigenvalue weighted by Crippen LogP contribution is -2.46. The maximum Gasteiger partial charge on any atom is 0.407 e. The number of hydrogen-bond acceptors (Lipinski definition) is 7. The summed E-state index contributed by atoms with van der Waals surface area (Å²) >= 11 is 0. The molecule has 2 N–H and O–H groups in total. The zero-order chi connectivity index (χ0) is 30.9. The van der Waals surface area contributed by atoms with E-state index in [1.165, 1.54) is 6.08 Å². The number of aliphatic hydroxyl groups excluding tert-OH is 1. The molecule has 2 aliphatic heterocycles. The van der Waals surface area contributed by atoms with Gasteiger partial charge in [-0.1, -0.05) is 92.4 Å². The number of alkyl carbamates (subject to hydrolysis) is 1. The summed E-state index contributed by atoms with van der Waals surface area (Å²) in [6.45, 7) is 8.88. The summed E-state index contributed by atoms with van der Waals surface area (Å²) in [6.07, 6.45) is 2.62. The molecule has 0 radical (unpaired) electrons. The highest BCUT2D eigenvalue weighted by Crippen LogP contribution is 2.42. The van der Waals surface area contributed by atoms with Gasteiger partial charge < -0.3 is 29.4 Å². The van der Waals surface area contributed by atoms with Crippen LogP contribution in [0.25, 0.3) is 11.1 Å². The average Bonchev–Trinajstić information content (AvgIpc) is 3.50. The number of likely N-dealkylation sites (tertiary alicyclic amines) is 1. The number of ether oxygens (including phenoxy) is 4. The van der Waals surface area contributed by atoms with Gasteiger partial charge in [0.1, 0.15) is 6.61 Å². The van der Waals surface area contributed by atoms with Crippen LogP contribution in [0.2, 0.25) is 0 Å². The average molecular weight is 601 g/mol. The van der Waals surface area contributed by atoms with E-state index in [1.54, 1.807) is 7.11 Å². The number of carbonyl (C=O) groups is 1. The fraction of sp³-hybridized carbons (Fsp3) is 0.417. The summed E-state index contributed by atoms with van der Waals surface area (Å²) in [7, 11) is 1.77. The Labute approximate surface area is 260 Å². The topological polar surface area (TPSA) is 89.5 Å². The second-order valence-electron chi connectivity index (χ2n) is 11.6. The number of nitrogens with zero attached hydrogens (tertiary/aromatic N) is 1. The number of nitrogens with one attached hydrogen (secondary N) is 1. The number of rotatable bonds is 12. The van der Waals surface area contributed by atoms with Crippen LogP contribution < -0.4 is 5.32 Å². The van der Waals surface area contributed by atoms with Gasteiger partial charge in [-0.25, -0.2) is 4.79 Å². The first-order valence-electron chi connectivity index (χ1n) is 15.4. The predicted molar refractivity (Wildman–Crippen MR) is 170 cm³/mol. The lowest BCUT2D eigenvalue weighted by atomic mass is 9.89. The number of aliphatic hydroxyl groups is 1. The van der Waals surface area contributed by atoms with E-state index in [-0.39, 0.29) is 31.3 Å². The number of methoxy groups -OCH3 is 1. The Bertz CT molecular complexity index is 1360. The van der Waals surface area contributed by atoms with Gasteiger partial charge in [0.25, 0.3) is 0 Å². The molecule has 8 heteroatoms. The smallest absolute Gasteiger partial charge is 0.407 e. The van der Waals surface area contributed by atoms with Crippen molar-refractivity contribution in [1.82, 2.24) is 10.2 Å². The third kappa shape index (κ3) is 7.75. The van der Waals surface area contributed by atoms with Crippen molar-refractivity contribution in [2.24, 2.45) is 5.92 Å². The Morgan fingerprint density at radius 1 is 1.07 bits per heavy atom. The highest BCUT2D eigenvalue weighted by Gasteiger charge is 2.40. The van der Waals surface area contributed by atoms with Gasteiger partial charge in [-0.2, -0.15) is 0 Å². The van der Waals surface area contributed by atoms with Gasteiger partial charge in [-0.05, 0) is 47.2 Å². The van der Waals surface area contributed by atoms with Gasteiger partial charge in [-0.15, -0.1) is 0 Å². The zero-order valence-electron chi connectivity index (χ0n) is 25.7. The molecule has 0 saturated carbocycles. The predicted octanol–water partition coefficient (Wildman–Crippen LogP) is 6.16. The van der Waals surface area contributed by atoms with Crippen LogP contribution in [0.3, 0.4) is 0 Å². The summed E-state index contributed by atoms with van der Waals surface area (Å²) in [5.74, 6) is 0.117. The molecular weight excluding hydrogens is 556 g/mol. The van der Waals surface area contributed by atoms with Crippen molar-refractivity contribution < 1.29 is 28.8 Å². The third-order valence-electron chi connectivity index (χ3n) is 8.66. The summed E-state index contributed by atoms with van der Waals surface area (Å²) in [5.41, 5.74) is 5.94. The molecule has 2 fully saturated rings. The van der Waals surface area contributed by atoms with E-state index in [0.29, 0.717) is 12.6 Å². The Morgan fingerprint density at radius 2 is 1.82 bits per heavy atom. The van der Waals surface area contributed by atoms with E-state index in [4.69, 9.17) is 18.9 Å². The second-order valence-corrected chi connectivity index (χ2v) is 11.6. The Morgan fingerprint density at radius 3 is 2.55 bits per heavy atom. The van der Waals surface area contributed by atoms with E-state index >= 15 is 0 Å². The van der Waals surface area contributed by atoms with Crippen LogP contribution >= 0.6 is 0 Å². The SMILES string of the molecule is C=CCOC(=O)NCc1ccccc1-c1ccc(C2OC(CN3CCCC3COC)C(C)C(c3ccc(CO)cc3)O2)cc1. The fourth-order valence-corrected chi connectivity index (χ4v) is 6.20. The number of hydrogen-bond donors (Lipinski definition) is 2. The minimum Gasteiger partial charge on any atom is -0.445 e. The highest BCUT2D eigenvalue weighted by atomic mass is 16.7. The largest absolute Gasteiger partial charge is 0.445 e. The quantitative estimate of drug-likeness (QED) is 0.241. The van der Waals surface area contributed by atoms with E-state index in [0.717, 1.165) is 65.9 Å². The maximum atomic E-state index is 12.0.